The number of benzene rings is 1. The average molecular weight is 320 g/mol. The van der Waals surface area contributed by atoms with Crippen LogP contribution in [0, 0.1) is 18.3 Å². The molecule has 1 aromatic carbocycles. The number of hydrogen-bond donors (Lipinski definition) is 1. The zero-order chi connectivity index (χ0) is 17.4. The van der Waals surface area contributed by atoms with Gasteiger partial charge in [0.2, 0.25) is 0 Å². The predicted octanol–water partition coefficient (Wildman–Crippen LogP) is 2.53. The van der Waals surface area contributed by atoms with Crippen LogP contribution in [0.4, 0.5) is 0 Å². The topological polar surface area (TPSA) is 93.9 Å². The third kappa shape index (κ3) is 2.27. The number of methoxy groups -OCH3 is 1. The van der Waals surface area contributed by atoms with Gasteiger partial charge in [-0.2, -0.15) is 5.26 Å². The monoisotopic (exact) mass is 320 g/mol. The zero-order valence-electron chi connectivity index (χ0n) is 13.6. The van der Waals surface area contributed by atoms with Crippen LogP contribution in [0.15, 0.2) is 30.5 Å². The lowest BCUT2D eigenvalue weighted by atomic mass is 9.96. The van der Waals surface area contributed by atoms with E-state index in [1.54, 1.807) is 31.0 Å². The molecule has 0 aliphatic carbocycles. The van der Waals surface area contributed by atoms with E-state index in [1.807, 2.05) is 25.1 Å². The number of hydrogen-bond acceptors (Lipinski definition) is 4. The van der Waals surface area contributed by atoms with E-state index in [9.17, 15) is 10.1 Å². The maximum Gasteiger partial charge on any atom is 0.267 e. The number of fused-ring (bicyclic) bond motifs is 1. The van der Waals surface area contributed by atoms with E-state index in [0.29, 0.717) is 16.6 Å². The standard InChI is InChI=1S/C18H16N4O2/c1-10-12(5-4-6-15(10)24-3)13-7-14(17(20)23)21-18-16(13)11(8-19)9-22(18)2/h4-7,9H,1-3H3,(H2,20,23). The van der Waals surface area contributed by atoms with Crippen molar-refractivity contribution in [3.05, 3.63) is 47.3 Å². The van der Waals surface area contributed by atoms with Gasteiger partial charge in [-0.1, -0.05) is 12.1 Å². The fourth-order valence-electron chi connectivity index (χ4n) is 2.92. The Morgan fingerprint density at radius 3 is 2.75 bits per heavy atom. The lowest BCUT2D eigenvalue weighted by Crippen LogP contribution is -2.13. The van der Waals surface area contributed by atoms with E-state index in [-0.39, 0.29) is 5.69 Å². The first kappa shape index (κ1) is 15.6. The minimum Gasteiger partial charge on any atom is -0.496 e. The van der Waals surface area contributed by atoms with Crippen molar-refractivity contribution < 1.29 is 9.53 Å². The van der Waals surface area contributed by atoms with Gasteiger partial charge >= 0.3 is 0 Å². The van der Waals surface area contributed by atoms with Crippen LogP contribution in [0.5, 0.6) is 5.75 Å². The maximum absolute atomic E-state index is 11.7. The van der Waals surface area contributed by atoms with Gasteiger partial charge in [0.05, 0.1) is 12.7 Å². The molecule has 6 heteroatoms. The van der Waals surface area contributed by atoms with E-state index in [2.05, 4.69) is 11.1 Å². The molecule has 2 heterocycles. The average Bonchev–Trinajstić information content (AvgIpc) is 2.90. The number of aromatic nitrogens is 2. The predicted molar refractivity (Wildman–Crippen MR) is 90.7 cm³/mol. The summed E-state index contributed by atoms with van der Waals surface area (Å²) in [7, 11) is 3.38. The Bertz CT molecular complexity index is 1010. The number of ether oxygens (including phenoxy) is 1. The Hall–Kier alpha value is -3.33. The Kier molecular flexibility index (Phi) is 3.70. The van der Waals surface area contributed by atoms with Crippen molar-refractivity contribution >= 4 is 16.9 Å². The highest BCUT2D eigenvalue weighted by Gasteiger charge is 2.19. The molecule has 6 nitrogen and oxygen atoms in total. The molecular weight excluding hydrogens is 304 g/mol. The summed E-state index contributed by atoms with van der Waals surface area (Å²) >= 11 is 0. The maximum atomic E-state index is 11.7. The summed E-state index contributed by atoms with van der Waals surface area (Å²) < 4.78 is 7.10. The van der Waals surface area contributed by atoms with Crippen LogP contribution < -0.4 is 10.5 Å². The van der Waals surface area contributed by atoms with E-state index in [4.69, 9.17) is 10.5 Å². The fourth-order valence-corrected chi connectivity index (χ4v) is 2.92. The molecule has 0 fully saturated rings. The molecule has 0 saturated heterocycles. The molecule has 0 radical (unpaired) electrons. The lowest BCUT2D eigenvalue weighted by molar-refractivity contribution is 0.0996. The molecule has 0 atom stereocenters. The number of nitrogens with two attached hydrogens (primary N) is 1. The van der Waals surface area contributed by atoms with Crippen molar-refractivity contribution in [2.24, 2.45) is 12.8 Å². The lowest BCUT2D eigenvalue weighted by Gasteiger charge is -2.12. The van der Waals surface area contributed by atoms with Gasteiger partial charge < -0.3 is 15.0 Å². The van der Waals surface area contributed by atoms with Crippen LogP contribution in [0.3, 0.4) is 0 Å². The van der Waals surface area contributed by atoms with E-state index in [0.717, 1.165) is 22.4 Å². The molecule has 120 valence electrons. The van der Waals surface area contributed by atoms with Crippen LogP contribution in [0.1, 0.15) is 21.6 Å². The van der Waals surface area contributed by atoms with E-state index >= 15 is 0 Å². The summed E-state index contributed by atoms with van der Waals surface area (Å²) in [4.78, 5) is 16.0. The summed E-state index contributed by atoms with van der Waals surface area (Å²) in [5.74, 6) is 0.117. The van der Waals surface area contributed by atoms with Crippen LogP contribution in [0.25, 0.3) is 22.2 Å². The van der Waals surface area contributed by atoms with Crippen molar-refractivity contribution in [2.75, 3.05) is 7.11 Å². The Balaban J connectivity index is 2.47. The Labute approximate surface area is 139 Å². The van der Waals surface area contributed by atoms with Crippen LogP contribution in [-0.4, -0.2) is 22.6 Å². The van der Waals surface area contributed by atoms with Gasteiger partial charge in [-0.15, -0.1) is 0 Å². The SMILES string of the molecule is COc1cccc(-c2cc(C(N)=O)nc3c2c(C#N)cn3C)c1C. The number of pyridine rings is 1. The van der Waals surface area contributed by atoms with Crippen molar-refractivity contribution in [1.29, 1.82) is 5.26 Å². The number of amides is 1. The zero-order valence-corrected chi connectivity index (χ0v) is 13.6. The number of primary amides is 1. The highest BCUT2D eigenvalue weighted by Crippen LogP contribution is 2.36. The number of carbonyl (C=O) groups excluding carboxylic acids is 1. The van der Waals surface area contributed by atoms with Crippen LogP contribution >= 0.6 is 0 Å². The largest absolute Gasteiger partial charge is 0.496 e. The highest BCUT2D eigenvalue weighted by atomic mass is 16.5. The summed E-state index contributed by atoms with van der Waals surface area (Å²) in [6, 6.07) is 9.47. The molecule has 1 amide bonds. The number of aryl methyl sites for hydroxylation is 1. The molecule has 0 unspecified atom stereocenters. The minimum absolute atomic E-state index is 0.158. The molecule has 0 saturated carbocycles. The van der Waals surface area contributed by atoms with Gasteiger partial charge in [0, 0.05) is 18.6 Å². The van der Waals surface area contributed by atoms with E-state index in [1.165, 1.54) is 0 Å². The molecule has 0 aliphatic heterocycles. The fraction of sp³-hybridized carbons (Fsp3) is 0.167. The normalized spacial score (nSPS) is 10.6. The first-order valence-corrected chi connectivity index (χ1v) is 7.32. The number of rotatable bonds is 3. The molecule has 24 heavy (non-hydrogen) atoms. The third-order valence-electron chi connectivity index (χ3n) is 4.09. The van der Waals surface area contributed by atoms with Crippen molar-refractivity contribution in [3.8, 4) is 22.9 Å². The summed E-state index contributed by atoms with van der Waals surface area (Å²) in [5, 5.41) is 10.2. The van der Waals surface area contributed by atoms with Crippen LogP contribution in [-0.2, 0) is 7.05 Å². The Morgan fingerprint density at radius 1 is 1.38 bits per heavy atom. The molecule has 3 aromatic rings. The van der Waals surface area contributed by atoms with E-state index < -0.39 is 5.91 Å². The Morgan fingerprint density at radius 2 is 2.12 bits per heavy atom. The summed E-state index contributed by atoms with van der Waals surface area (Å²) in [6.45, 7) is 1.93. The van der Waals surface area contributed by atoms with Crippen molar-refractivity contribution in [1.82, 2.24) is 9.55 Å². The van der Waals surface area contributed by atoms with Gasteiger partial charge in [-0.25, -0.2) is 4.98 Å². The highest BCUT2D eigenvalue weighted by molar-refractivity contribution is 6.03. The summed E-state index contributed by atoms with van der Waals surface area (Å²) in [6.07, 6.45) is 1.70. The van der Waals surface area contributed by atoms with Crippen molar-refractivity contribution in [2.45, 2.75) is 6.92 Å². The first-order chi connectivity index (χ1) is 11.5. The van der Waals surface area contributed by atoms with Gasteiger partial charge in [-0.3, -0.25) is 4.79 Å². The molecular formula is C18H16N4O2. The van der Waals surface area contributed by atoms with Gasteiger partial charge in [-0.05, 0) is 35.7 Å². The molecule has 0 aliphatic rings. The van der Waals surface area contributed by atoms with Gasteiger partial charge in [0.25, 0.3) is 5.91 Å². The van der Waals surface area contributed by atoms with Gasteiger partial charge in [0.1, 0.15) is 23.2 Å². The number of nitrogens with zero attached hydrogens (tertiary/aromatic N) is 3. The third-order valence-corrected chi connectivity index (χ3v) is 4.09. The number of carbonyl (C=O) groups is 1. The molecule has 0 bridgehead atoms. The quantitative estimate of drug-likeness (QED) is 0.802. The summed E-state index contributed by atoms with van der Waals surface area (Å²) in [5.41, 5.74) is 9.15. The second kappa shape index (κ2) is 5.70. The molecule has 2 aromatic heterocycles. The van der Waals surface area contributed by atoms with Crippen LogP contribution in [0.2, 0.25) is 0 Å². The second-order valence-corrected chi connectivity index (χ2v) is 5.52. The number of nitriles is 1. The first-order valence-electron chi connectivity index (χ1n) is 7.32. The second-order valence-electron chi connectivity index (χ2n) is 5.52. The van der Waals surface area contributed by atoms with Gasteiger partial charge in [0.15, 0.2) is 0 Å². The minimum atomic E-state index is -0.613. The van der Waals surface area contributed by atoms with Crippen molar-refractivity contribution in [3.63, 3.8) is 0 Å². The molecule has 2 N–H and O–H groups in total. The molecule has 0 spiro atoms. The molecule has 3 rings (SSSR count). The smallest absolute Gasteiger partial charge is 0.267 e.